The molecular formula is C18H13ClF3NO3. The number of halogens is 4. The molecule has 4 rings (SSSR count). The van der Waals surface area contributed by atoms with Crippen molar-refractivity contribution >= 4 is 23.4 Å². The molecule has 0 aromatic heterocycles. The third-order valence-electron chi connectivity index (χ3n) is 4.86. The average Bonchev–Trinajstić information content (AvgIpc) is 2.94. The summed E-state index contributed by atoms with van der Waals surface area (Å²) in [6, 6.07) is 3.49. The number of cyclic esters (lactones) is 1. The summed E-state index contributed by atoms with van der Waals surface area (Å²) in [5, 5.41) is 2.65. The quantitative estimate of drug-likeness (QED) is 0.748. The van der Waals surface area contributed by atoms with Gasteiger partial charge in [0.05, 0.1) is 21.9 Å². The molecule has 0 spiro atoms. The number of dihydropyridines is 1. The van der Waals surface area contributed by atoms with E-state index in [1.807, 2.05) is 0 Å². The lowest BCUT2D eigenvalue weighted by molar-refractivity contribution is -0.137. The van der Waals surface area contributed by atoms with Crippen LogP contribution in [0.25, 0.3) is 0 Å². The Labute approximate surface area is 151 Å². The van der Waals surface area contributed by atoms with Crippen LogP contribution in [0.5, 0.6) is 0 Å². The number of nitrogens with one attached hydrogen (secondary N) is 1. The van der Waals surface area contributed by atoms with Crippen LogP contribution in [-0.2, 0) is 20.5 Å². The first kappa shape index (κ1) is 17.1. The second kappa shape index (κ2) is 5.87. The Hall–Kier alpha value is -2.28. The fourth-order valence-corrected chi connectivity index (χ4v) is 3.96. The molecule has 3 aliphatic rings. The highest BCUT2D eigenvalue weighted by Gasteiger charge is 2.43. The fourth-order valence-electron chi connectivity index (χ4n) is 3.74. The number of rotatable bonds is 1. The van der Waals surface area contributed by atoms with Gasteiger partial charge in [0.1, 0.15) is 6.61 Å². The van der Waals surface area contributed by atoms with Gasteiger partial charge in [-0.25, -0.2) is 4.79 Å². The molecule has 26 heavy (non-hydrogen) atoms. The Bertz CT molecular complexity index is 901. The Morgan fingerprint density at radius 1 is 1.12 bits per heavy atom. The third-order valence-corrected chi connectivity index (χ3v) is 5.19. The molecule has 8 heteroatoms. The highest BCUT2D eigenvalue weighted by molar-refractivity contribution is 6.31. The summed E-state index contributed by atoms with van der Waals surface area (Å²) in [4.78, 5) is 24.8. The zero-order valence-electron chi connectivity index (χ0n) is 13.4. The molecule has 136 valence electrons. The number of ether oxygens (including phenoxy) is 1. The highest BCUT2D eigenvalue weighted by atomic mass is 35.5. The van der Waals surface area contributed by atoms with Crippen molar-refractivity contribution in [2.75, 3.05) is 6.61 Å². The molecule has 1 aromatic carbocycles. The van der Waals surface area contributed by atoms with E-state index in [-0.39, 0.29) is 23.5 Å². The van der Waals surface area contributed by atoms with E-state index in [4.69, 9.17) is 16.3 Å². The Morgan fingerprint density at radius 2 is 1.88 bits per heavy atom. The Balaban J connectivity index is 1.91. The normalized spacial score (nSPS) is 22.8. The number of carbonyl (C=O) groups excluding carboxylic acids is 2. The van der Waals surface area contributed by atoms with Crippen molar-refractivity contribution in [3.05, 3.63) is 56.9 Å². The summed E-state index contributed by atoms with van der Waals surface area (Å²) in [5.74, 6) is -1.66. The van der Waals surface area contributed by atoms with Crippen molar-refractivity contribution in [1.82, 2.24) is 5.32 Å². The van der Waals surface area contributed by atoms with E-state index < -0.39 is 28.6 Å². The molecule has 1 N–H and O–H groups in total. The molecule has 1 atom stereocenters. The summed E-state index contributed by atoms with van der Waals surface area (Å²) in [6.07, 6.45) is -3.08. The molecule has 1 aliphatic carbocycles. The lowest BCUT2D eigenvalue weighted by Gasteiger charge is -2.32. The lowest BCUT2D eigenvalue weighted by atomic mass is 9.75. The minimum Gasteiger partial charge on any atom is -0.456 e. The van der Waals surface area contributed by atoms with E-state index >= 15 is 0 Å². The maximum absolute atomic E-state index is 13.3. The van der Waals surface area contributed by atoms with Crippen LogP contribution in [0.3, 0.4) is 0 Å². The van der Waals surface area contributed by atoms with Crippen LogP contribution in [-0.4, -0.2) is 18.4 Å². The first-order valence-corrected chi connectivity index (χ1v) is 8.45. The van der Waals surface area contributed by atoms with Crippen LogP contribution in [0.15, 0.2) is 40.7 Å². The summed E-state index contributed by atoms with van der Waals surface area (Å²) in [5.41, 5.74) is 0.939. The molecule has 2 aliphatic heterocycles. The van der Waals surface area contributed by atoms with Crippen LogP contribution < -0.4 is 5.32 Å². The molecule has 0 radical (unpaired) electrons. The first-order chi connectivity index (χ1) is 12.3. The van der Waals surface area contributed by atoms with Gasteiger partial charge in [0, 0.05) is 23.6 Å². The molecule has 0 amide bonds. The summed E-state index contributed by atoms with van der Waals surface area (Å²) < 4.78 is 44.9. The minimum atomic E-state index is -4.64. The van der Waals surface area contributed by atoms with Crippen molar-refractivity contribution in [2.45, 2.75) is 31.4 Å². The molecule has 1 unspecified atom stereocenters. The maximum Gasteiger partial charge on any atom is 0.417 e. The molecule has 4 nitrogen and oxygen atoms in total. The zero-order chi connectivity index (χ0) is 18.6. The summed E-state index contributed by atoms with van der Waals surface area (Å²) >= 11 is 5.71. The second-order valence-electron chi connectivity index (χ2n) is 6.43. The number of Topliss-reactive ketones (excluding diaryl/α,β-unsaturated/α-hetero) is 1. The van der Waals surface area contributed by atoms with Gasteiger partial charge in [-0.1, -0.05) is 17.7 Å². The number of ketones is 1. The van der Waals surface area contributed by atoms with E-state index in [0.717, 1.165) is 12.1 Å². The largest absolute Gasteiger partial charge is 0.456 e. The second-order valence-corrected chi connectivity index (χ2v) is 6.84. The van der Waals surface area contributed by atoms with Gasteiger partial charge < -0.3 is 10.1 Å². The molecular weight excluding hydrogens is 371 g/mol. The third kappa shape index (κ3) is 2.61. The number of carbonyl (C=O) groups is 2. The molecule has 1 aromatic rings. The maximum atomic E-state index is 13.3. The average molecular weight is 384 g/mol. The monoisotopic (exact) mass is 383 g/mol. The SMILES string of the molecule is O=C1CCCC2=C1C(c1ccc(Cl)c(C(F)(F)F)c1)C1=C(COC1=O)N2. The van der Waals surface area contributed by atoms with Crippen LogP contribution in [0.4, 0.5) is 13.2 Å². The van der Waals surface area contributed by atoms with Crippen molar-refractivity contribution < 1.29 is 27.5 Å². The summed E-state index contributed by atoms with van der Waals surface area (Å²) in [6.45, 7) is 0.0232. The molecule has 0 bridgehead atoms. The number of alkyl halides is 3. The van der Waals surface area contributed by atoms with Gasteiger partial charge in [0.15, 0.2) is 5.78 Å². The highest BCUT2D eigenvalue weighted by Crippen LogP contribution is 2.46. The van der Waals surface area contributed by atoms with Gasteiger partial charge in [0.2, 0.25) is 0 Å². The van der Waals surface area contributed by atoms with E-state index in [9.17, 15) is 22.8 Å². The van der Waals surface area contributed by atoms with Crippen LogP contribution in [0.2, 0.25) is 5.02 Å². The van der Waals surface area contributed by atoms with E-state index in [1.165, 1.54) is 6.07 Å². The first-order valence-electron chi connectivity index (χ1n) is 8.07. The van der Waals surface area contributed by atoms with Crippen molar-refractivity contribution in [3.8, 4) is 0 Å². The van der Waals surface area contributed by atoms with Crippen molar-refractivity contribution in [3.63, 3.8) is 0 Å². The van der Waals surface area contributed by atoms with Gasteiger partial charge in [0.25, 0.3) is 0 Å². The minimum absolute atomic E-state index is 0.0232. The standard InChI is InChI=1S/C18H13ClF3NO3/c19-10-5-4-8(6-9(10)18(20,21)22)14-15-11(2-1-3-13(15)24)23-12-7-26-17(25)16(12)14/h4-6,14,23H,1-3,7H2. The van der Waals surface area contributed by atoms with Crippen LogP contribution in [0.1, 0.15) is 36.3 Å². The van der Waals surface area contributed by atoms with Crippen molar-refractivity contribution in [1.29, 1.82) is 0 Å². The van der Waals surface area contributed by atoms with E-state index in [0.29, 0.717) is 36.2 Å². The number of hydrogen-bond donors (Lipinski definition) is 1. The number of allylic oxidation sites excluding steroid dienone is 2. The van der Waals surface area contributed by atoms with Gasteiger partial charge in [-0.2, -0.15) is 13.2 Å². The van der Waals surface area contributed by atoms with Gasteiger partial charge >= 0.3 is 12.1 Å². The van der Waals surface area contributed by atoms with Crippen LogP contribution >= 0.6 is 11.6 Å². The number of esters is 1. The van der Waals surface area contributed by atoms with E-state index in [2.05, 4.69) is 5.32 Å². The van der Waals surface area contributed by atoms with Crippen LogP contribution in [0, 0.1) is 0 Å². The smallest absolute Gasteiger partial charge is 0.417 e. The Morgan fingerprint density at radius 3 is 2.62 bits per heavy atom. The number of hydrogen-bond acceptors (Lipinski definition) is 4. The summed E-state index contributed by atoms with van der Waals surface area (Å²) in [7, 11) is 0. The zero-order valence-corrected chi connectivity index (χ0v) is 14.1. The molecule has 0 saturated carbocycles. The van der Waals surface area contributed by atoms with Gasteiger partial charge in [-0.05, 0) is 30.5 Å². The van der Waals surface area contributed by atoms with Gasteiger partial charge in [-0.3, -0.25) is 4.79 Å². The number of benzene rings is 1. The molecule has 0 fully saturated rings. The van der Waals surface area contributed by atoms with Crippen molar-refractivity contribution in [2.24, 2.45) is 0 Å². The lowest BCUT2D eigenvalue weighted by Crippen LogP contribution is -2.32. The Kier molecular flexibility index (Phi) is 3.87. The molecule has 2 heterocycles. The predicted octanol–water partition coefficient (Wildman–Crippen LogP) is 3.86. The fraction of sp³-hybridized carbons (Fsp3) is 0.333. The van der Waals surface area contributed by atoms with Gasteiger partial charge in [-0.15, -0.1) is 0 Å². The molecule has 0 saturated heterocycles. The topological polar surface area (TPSA) is 55.4 Å². The van der Waals surface area contributed by atoms with E-state index in [1.54, 1.807) is 0 Å². The predicted molar refractivity (Wildman–Crippen MR) is 86.2 cm³/mol.